The summed E-state index contributed by atoms with van der Waals surface area (Å²) in [6.45, 7) is 4.10. The molecule has 0 heterocycles. The number of anilines is 1. The van der Waals surface area contributed by atoms with Crippen LogP contribution in [-0.4, -0.2) is 5.91 Å². The molecule has 2 heteroatoms. The summed E-state index contributed by atoms with van der Waals surface area (Å²) in [5.74, 6) is -0.0664. The number of aryl methyl sites for hydroxylation is 2. The van der Waals surface area contributed by atoms with Gasteiger partial charge in [-0.2, -0.15) is 0 Å². The van der Waals surface area contributed by atoms with Crippen LogP contribution >= 0.6 is 0 Å². The first-order valence-electron chi connectivity index (χ1n) is 6.16. The second-order valence-electron chi connectivity index (χ2n) is 4.37. The molecule has 0 atom stereocenters. The predicted octanol–water partition coefficient (Wildman–Crippen LogP) is 3.81. The number of hydrogen-bond donors (Lipinski definition) is 1. The highest BCUT2D eigenvalue weighted by atomic mass is 16.1. The van der Waals surface area contributed by atoms with Gasteiger partial charge in [-0.1, -0.05) is 36.8 Å². The highest BCUT2D eigenvalue weighted by molar-refractivity contribution is 6.04. The van der Waals surface area contributed by atoms with Crippen LogP contribution in [0.5, 0.6) is 0 Å². The van der Waals surface area contributed by atoms with Crippen LogP contribution in [0.1, 0.15) is 28.4 Å². The average molecular weight is 239 g/mol. The molecule has 0 aliphatic carbocycles. The molecule has 0 aliphatic heterocycles. The molecule has 0 saturated carbocycles. The van der Waals surface area contributed by atoms with E-state index in [-0.39, 0.29) is 5.91 Å². The minimum Gasteiger partial charge on any atom is -0.322 e. The van der Waals surface area contributed by atoms with Crippen molar-refractivity contribution >= 4 is 11.6 Å². The Labute approximate surface area is 108 Å². The quantitative estimate of drug-likeness (QED) is 0.867. The highest BCUT2D eigenvalue weighted by Gasteiger charge is 2.05. The average Bonchev–Trinajstić information content (AvgIpc) is 2.39. The molecule has 0 bridgehead atoms. The molecule has 1 amide bonds. The van der Waals surface area contributed by atoms with Crippen LogP contribution in [0, 0.1) is 6.92 Å². The van der Waals surface area contributed by atoms with E-state index in [1.165, 1.54) is 5.56 Å². The van der Waals surface area contributed by atoms with Crippen LogP contribution in [0.4, 0.5) is 5.69 Å². The van der Waals surface area contributed by atoms with Gasteiger partial charge >= 0.3 is 0 Å². The van der Waals surface area contributed by atoms with Gasteiger partial charge in [0.25, 0.3) is 5.91 Å². The maximum atomic E-state index is 12.0. The Morgan fingerprint density at radius 1 is 1.11 bits per heavy atom. The van der Waals surface area contributed by atoms with Crippen molar-refractivity contribution in [3.05, 3.63) is 65.2 Å². The second-order valence-corrected chi connectivity index (χ2v) is 4.37. The lowest BCUT2D eigenvalue weighted by Gasteiger charge is -2.07. The van der Waals surface area contributed by atoms with Crippen molar-refractivity contribution in [2.24, 2.45) is 0 Å². The predicted molar refractivity (Wildman–Crippen MR) is 75.0 cm³/mol. The fraction of sp³-hybridized carbons (Fsp3) is 0.188. The zero-order chi connectivity index (χ0) is 13.0. The number of carbonyl (C=O) groups is 1. The molecule has 0 spiro atoms. The summed E-state index contributed by atoms with van der Waals surface area (Å²) < 4.78 is 0. The zero-order valence-electron chi connectivity index (χ0n) is 10.7. The molecule has 0 aromatic heterocycles. The molecule has 2 aromatic rings. The Morgan fingerprint density at radius 2 is 1.83 bits per heavy atom. The lowest BCUT2D eigenvalue weighted by molar-refractivity contribution is 0.102. The largest absolute Gasteiger partial charge is 0.322 e. The van der Waals surface area contributed by atoms with Crippen molar-refractivity contribution in [2.75, 3.05) is 5.32 Å². The van der Waals surface area contributed by atoms with Crippen molar-refractivity contribution in [3.63, 3.8) is 0 Å². The SMILES string of the molecule is CCc1cccc(NC(=O)c2ccc(C)cc2)c1. The molecule has 2 aromatic carbocycles. The van der Waals surface area contributed by atoms with E-state index >= 15 is 0 Å². The first-order valence-corrected chi connectivity index (χ1v) is 6.16. The number of rotatable bonds is 3. The van der Waals surface area contributed by atoms with Gasteiger partial charge in [0.15, 0.2) is 0 Å². The van der Waals surface area contributed by atoms with Crippen molar-refractivity contribution in [3.8, 4) is 0 Å². The maximum Gasteiger partial charge on any atom is 0.255 e. The Morgan fingerprint density at radius 3 is 2.50 bits per heavy atom. The van der Waals surface area contributed by atoms with E-state index in [0.717, 1.165) is 17.7 Å². The normalized spacial score (nSPS) is 10.1. The summed E-state index contributed by atoms with van der Waals surface area (Å²) in [5, 5.41) is 2.91. The van der Waals surface area contributed by atoms with Gasteiger partial charge in [-0.3, -0.25) is 4.79 Å². The van der Waals surface area contributed by atoms with Gasteiger partial charge < -0.3 is 5.32 Å². The van der Waals surface area contributed by atoms with Crippen LogP contribution in [0.25, 0.3) is 0 Å². The molecule has 0 radical (unpaired) electrons. The van der Waals surface area contributed by atoms with Crippen LogP contribution < -0.4 is 5.32 Å². The summed E-state index contributed by atoms with van der Waals surface area (Å²) in [4.78, 5) is 12.0. The third-order valence-corrected chi connectivity index (χ3v) is 2.91. The molecule has 2 nitrogen and oxygen atoms in total. The molecule has 0 fully saturated rings. The van der Waals surface area contributed by atoms with Crippen LogP contribution in [0.2, 0.25) is 0 Å². The number of nitrogens with one attached hydrogen (secondary N) is 1. The van der Waals surface area contributed by atoms with Crippen LogP contribution in [0.15, 0.2) is 48.5 Å². The van der Waals surface area contributed by atoms with Crippen molar-refractivity contribution in [2.45, 2.75) is 20.3 Å². The van der Waals surface area contributed by atoms with E-state index in [4.69, 9.17) is 0 Å². The fourth-order valence-electron chi connectivity index (χ4n) is 1.78. The second kappa shape index (κ2) is 5.50. The summed E-state index contributed by atoms with van der Waals surface area (Å²) in [7, 11) is 0. The first kappa shape index (κ1) is 12.4. The summed E-state index contributed by atoms with van der Waals surface area (Å²) in [6.07, 6.45) is 0.967. The number of benzene rings is 2. The van der Waals surface area contributed by atoms with E-state index in [1.54, 1.807) is 0 Å². The summed E-state index contributed by atoms with van der Waals surface area (Å²) >= 11 is 0. The van der Waals surface area contributed by atoms with E-state index in [2.05, 4.69) is 18.3 Å². The number of amides is 1. The molecule has 0 unspecified atom stereocenters. The molecule has 0 saturated heterocycles. The zero-order valence-corrected chi connectivity index (χ0v) is 10.7. The molecule has 18 heavy (non-hydrogen) atoms. The van der Waals surface area contributed by atoms with Gasteiger partial charge in [-0.15, -0.1) is 0 Å². The van der Waals surface area contributed by atoms with Gasteiger partial charge in [0, 0.05) is 11.3 Å². The van der Waals surface area contributed by atoms with Crippen molar-refractivity contribution in [1.82, 2.24) is 0 Å². The summed E-state index contributed by atoms with van der Waals surface area (Å²) in [5.41, 5.74) is 3.90. The highest BCUT2D eigenvalue weighted by Crippen LogP contribution is 2.13. The Bertz CT molecular complexity index is 543. The molecule has 1 N–H and O–H groups in total. The molecule has 2 rings (SSSR count). The third kappa shape index (κ3) is 2.98. The lowest BCUT2D eigenvalue weighted by atomic mass is 10.1. The minimum absolute atomic E-state index is 0.0664. The monoisotopic (exact) mass is 239 g/mol. The van der Waals surface area contributed by atoms with Gasteiger partial charge in [0.05, 0.1) is 0 Å². The Balaban J connectivity index is 2.13. The van der Waals surface area contributed by atoms with Crippen molar-refractivity contribution in [1.29, 1.82) is 0 Å². The van der Waals surface area contributed by atoms with Gasteiger partial charge in [0.1, 0.15) is 0 Å². The maximum absolute atomic E-state index is 12.0. The smallest absolute Gasteiger partial charge is 0.255 e. The molecular weight excluding hydrogens is 222 g/mol. The van der Waals surface area contributed by atoms with Gasteiger partial charge in [-0.05, 0) is 43.2 Å². The van der Waals surface area contributed by atoms with Crippen LogP contribution in [-0.2, 0) is 6.42 Å². The topological polar surface area (TPSA) is 29.1 Å². The first-order chi connectivity index (χ1) is 8.69. The van der Waals surface area contributed by atoms with E-state index in [0.29, 0.717) is 5.56 Å². The Hall–Kier alpha value is -2.09. The molecule has 92 valence electrons. The Kier molecular flexibility index (Phi) is 3.78. The third-order valence-electron chi connectivity index (χ3n) is 2.91. The van der Waals surface area contributed by atoms with Crippen molar-refractivity contribution < 1.29 is 4.79 Å². The lowest BCUT2D eigenvalue weighted by Crippen LogP contribution is -2.11. The minimum atomic E-state index is -0.0664. The van der Waals surface area contributed by atoms with Crippen LogP contribution in [0.3, 0.4) is 0 Å². The number of carbonyl (C=O) groups excluding carboxylic acids is 1. The molecular formula is C16H17NO. The standard InChI is InChI=1S/C16H17NO/c1-3-13-5-4-6-15(11-13)17-16(18)14-9-7-12(2)8-10-14/h4-11H,3H2,1-2H3,(H,17,18). The summed E-state index contributed by atoms with van der Waals surface area (Å²) in [6, 6.07) is 15.5. The van der Waals surface area contributed by atoms with Gasteiger partial charge in [-0.25, -0.2) is 0 Å². The fourth-order valence-corrected chi connectivity index (χ4v) is 1.78. The van der Waals surface area contributed by atoms with E-state index in [1.807, 2.05) is 49.4 Å². The van der Waals surface area contributed by atoms with E-state index < -0.39 is 0 Å². The molecule has 0 aliphatic rings. The van der Waals surface area contributed by atoms with Gasteiger partial charge in [0.2, 0.25) is 0 Å². The van der Waals surface area contributed by atoms with E-state index in [9.17, 15) is 4.79 Å². The number of hydrogen-bond acceptors (Lipinski definition) is 1.